The molecule has 46 heavy (non-hydrogen) atoms. The highest BCUT2D eigenvalue weighted by atomic mass is 35.5. The van der Waals surface area contributed by atoms with Crippen LogP contribution in [0.1, 0.15) is 22.8 Å². The molecule has 0 aromatic heterocycles. The molecule has 0 bridgehead atoms. The van der Waals surface area contributed by atoms with Gasteiger partial charge in [0.15, 0.2) is 11.5 Å². The van der Waals surface area contributed by atoms with Crippen LogP contribution in [-0.2, 0) is 9.59 Å². The van der Waals surface area contributed by atoms with Crippen molar-refractivity contribution in [1.82, 2.24) is 5.32 Å². The normalized spacial score (nSPS) is 11.7. The molecule has 0 radical (unpaired) electrons. The zero-order valence-electron chi connectivity index (χ0n) is 25.4. The molecule has 3 amide bonds. The van der Waals surface area contributed by atoms with E-state index in [2.05, 4.69) is 16.0 Å². The van der Waals surface area contributed by atoms with E-state index in [1.807, 2.05) is 0 Å². The second kappa shape index (κ2) is 16.1. The second-order valence-electron chi connectivity index (χ2n) is 9.66. The van der Waals surface area contributed by atoms with E-state index in [-0.39, 0.29) is 16.6 Å². The number of methoxy groups -OCH3 is 3. The average Bonchev–Trinajstić information content (AvgIpc) is 3.07. The van der Waals surface area contributed by atoms with E-state index in [1.165, 1.54) is 39.2 Å². The smallest absolute Gasteiger partial charge is 0.272 e. The summed E-state index contributed by atoms with van der Waals surface area (Å²) in [7, 11) is 4.48. The third-order valence-corrected chi connectivity index (χ3v) is 8.50. The van der Waals surface area contributed by atoms with Gasteiger partial charge < -0.3 is 30.2 Å². The number of hydrogen-bond acceptors (Lipinski definition) is 7. The Hall–Kier alpha value is -4.64. The fraction of sp³-hybridized carbons (Fsp3) is 0.147. The number of hydrogen-bond donors (Lipinski definition) is 3. The van der Waals surface area contributed by atoms with Gasteiger partial charge in [-0.15, -0.1) is 11.8 Å². The minimum absolute atomic E-state index is 0.0391. The van der Waals surface area contributed by atoms with Crippen LogP contribution < -0.4 is 30.2 Å². The number of ether oxygens (including phenoxy) is 3. The summed E-state index contributed by atoms with van der Waals surface area (Å²) in [4.78, 5) is 40.2. The zero-order chi connectivity index (χ0) is 33.2. The molecule has 0 fully saturated rings. The summed E-state index contributed by atoms with van der Waals surface area (Å²) in [6.45, 7) is 1.77. The van der Waals surface area contributed by atoms with Gasteiger partial charge in [-0.2, -0.15) is 0 Å². The topological polar surface area (TPSA) is 115 Å². The average molecular weight is 681 g/mol. The van der Waals surface area contributed by atoms with Crippen molar-refractivity contribution in [3.8, 4) is 17.2 Å². The largest absolute Gasteiger partial charge is 0.496 e. The maximum Gasteiger partial charge on any atom is 0.272 e. The molecule has 0 aliphatic rings. The van der Waals surface area contributed by atoms with Crippen molar-refractivity contribution in [2.24, 2.45) is 0 Å². The highest BCUT2D eigenvalue weighted by molar-refractivity contribution is 8.00. The number of anilines is 2. The molecule has 0 heterocycles. The molecular weight excluding hydrogens is 649 g/mol. The molecule has 0 spiro atoms. The lowest BCUT2D eigenvalue weighted by atomic mass is 10.1. The summed E-state index contributed by atoms with van der Waals surface area (Å²) in [5.74, 6) is -0.0495. The summed E-state index contributed by atoms with van der Waals surface area (Å²) in [6.07, 6.45) is 1.49. The fourth-order valence-corrected chi connectivity index (χ4v) is 5.39. The minimum Gasteiger partial charge on any atom is -0.496 e. The molecule has 4 aromatic carbocycles. The summed E-state index contributed by atoms with van der Waals surface area (Å²) in [5.41, 5.74) is 1.70. The van der Waals surface area contributed by atoms with Crippen LogP contribution in [-0.4, -0.2) is 44.3 Å². The second-order valence-corrected chi connectivity index (χ2v) is 11.9. The maximum absolute atomic E-state index is 13.6. The molecule has 1 atom stereocenters. The molecular formula is C34H31Cl2N3O6S. The van der Waals surface area contributed by atoms with Crippen LogP contribution in [0.4, 0.5) is 11.4 Å². The third-order valence-electron chi connectivity index (χ3n) is 6.57. The molecule has 0 saturated carbocycles. The van der Waals surface area contributed by atoms with Gasteiger partial charge in [-0.1, -0.05) is 47.5 Å². The lowest BCUT2D eigenvalue weighted by Gasteiger charge is -2.15. The van der Waals surface area contributed by atoms with E-state index in [9.17, 15) is 14.4 Å². The van der Waals surface area contributed by atoms with Crippen molar-refractivity contribution >= 4 is 70.1 Å². The Morgan fingerprint density at radius 1 is 0.783 bits per heavy atom. The van der Waals surface area contributed by atoms with Gasteiger partial charge in [0.2, 0.25) is 5.91 Å². The Kier molecular flexibility index (Phi) is 12.0. The number of nitrogens with one attached hydrogen (secondary N) is 3. The first-order valence-electron chi connectivity index (χ1n) is 13.8. The lowest BCUT2D eigenvalue weighted by Crippen LogP contribution is -2.30. The van der Waals surface area contributed by atoms with Gasteiger partial charge in [0.05, 0.1) is 42.3 Å². The minimum atomic E-state index is -0.576. The van der Waals surface area contributed by atoms with E-state index in [0.717, 1.165) is 4.90 Å². The number of halogens is 2. The van der Waals surface area contributed by atoms with E-state index >= 15 is 0 Å². The van der Waals surface area contributed by atoms with Crippen molar-refractivity contribution in [3.63, 3.8) is 0 Å². The Morgan fingerprint density at radius 2 is 1.43 bits per heavy atom. The molecule has 3 N–H and O–H groups in total. The first kappa shape index (κ1) is 34.2. The molecule has 0 saturated heterocycles. The SMILES string of the molecule is COc1cc(OC)c(OC)cc1/C=C(\NC(=O)c1ccccc1)C(=O)Nc1ccc(SC(C)C(=O)Nc2cccc(Cl)c2Cl)cc1. The van der Waals surface area contributed by atoms with E-state index in [4.69, 9.17) is 37.4 Å². The fourth-order valence-electron chi connectivity index (χ4n) is 4.17. The molecule has 0 aliphatic carbocycles. The maximum atomic E-state index is 13.6. The van der Waals surface area contributed by atoms with Crippen LogP contribution >= 0.6 is 35.0 Å². The number of amides is 3. The van der Waals surface area contributed by atoms with E-state index < -0.39 is 17.1 Å². The summed E-state index contributed by atoms with van der Waals surface area (Å²) in [6, 6.07) is 23.8. The van der Waals surface area contributed by atoms with Crippen LogP contribution in [0, 0.1) is 0 Å². The summed E-state index contributed by atoms with van der Waals surface area (Å²) < 4.78 is 16.3. The quantitative estimate of drug-likeness (QED) is 0.105. The van der Waals surface area contributed by atoms with Crippen molar-refractivity contribution in [3.05, 3.63) is 112 Å². The summed E-state index contributed by atoms with van der Waals surface area (Å²) >= 11 is 13.6. The molecule has 9 nitrogen and oxygen atoms in total. The van der Waals surface area contributed by atoms with Gasteiger partial charge in [0.1, 0.15) is 11.4 Å². The highest BCUT2D eigenvalue weighted by Gasteiger charge is 2.19. The first-order chi connectivity index (χ1) is 22.1. The van der Waals surface area contributed by atoms with E-state index in [1.54, 1.807) is 91.9 Å². The number of carbonyl (C=O) groups is 3. The van der Waals surface area contributed by atoms with Gasteiger partial charge in [-0.05, 0) is 67.6 Å². The van der Waals surface area contributed by atoms with Crippen LogP contribution in [0.15, 0.2) is 95.5 Å². The van der Waals surface area contributed by atoms with Crippen molar-refractivity contribution in [2.45, 2.75) is 17.1 Å². The molecule has 238 valence electrons. The van der Waals surface area contributed by atoms with Gasteiger partial charge in [0, 0.05) is 27.8 Å². The predicted molar refractivity (Wildman–Crippen MR) is 183 cm³/mol. The van der Waals surface area contributed by atoms with Gasteiger partial charge in [0.25, 0.3) is 11.8 Å². The zero-order valence-corrected chi connectivity index (χ0v) is 27.7. The van der Waals surface area contributed by atoms with Crippen LogP contribution in [0.2, 0.25) is 10.0 Å². The first-order valence-corrected chi connectivity index (χ1v) is 15.5. The molecule has 0 aliphatic heterocycles. The Labute approximate surface area is 281 Å². The third kappa shape index (κ3) is 8.75. The molecule has 4 aromatic rings. The van der Waals surface area contributed by atoms with Crippen LogP contribution in [0.5, 0.6) is 17.2 Å². The van der Waals surface area contributed by atoms with Crippen LogP contribution in [0.3, 0.4) is 0 Å². The highest BCUT2D eigenvalue weighted by Crippen LogP contribution is 2.36. The van der Waals surface area contributed by atoms with Crippen LogP contribution in [0.25, 0.3) is 6.08 Å². The monoisotopic (exact) mass is 679 g/mol. The van der Waals surface area contributed by atoms with Crippen molar-refractivity contribution < 1.29 is 28.6 Å². The van der Waals surface area contributed by atoms with Gasteiger partial charge >= 0.3 is 0 Å². The Bertz CT molecular complexity index is 1750. The lowest BCUT2D eigenvalue weighted by molar-refractivity contribution is -0.115. The number of thioether (sulfide) groups is 1. The molecule has 4 rings (SSSR count). The number of benzene rings is 4. The number of carbonyl (C=O) groups excluding carboxylic acids is 3. The Balaban J connectivity index is 1.53. The van der Waals surface area contributed by atoms with Gasteiger partial charge in [-0.3, -0.25) is 14.4 Å². The van der Waals surface area contributed by atoms with Gasteiger partial charge in [-0.25, -0.2) is 0 Å². The molecule has 1 unspecified atom stereocenters. The number of rotatable bonds is 12. The summed E-state index contributed by atoms with van der Waals surface area (Å²) in [5, 5.41) is 8.48. The Morgan fingerprint density at radius 3 is 2.09 bits per heavy atom. The van der Waals surface area contributed by atoms with E-state index in [0.29, 0.717) is 44.8 Å². The standard InChI is InChI=1S/C34H31Cl2N3O6S/c1-20(32(40)38-26-12-8-11-25(35)31(26)36)46-24-15-13-23(14-16-24)37-34(42)27(39-33(41)21-9-6-5-7-10-21)17-22-18-29(44-3)30(45-4)19-28(22)43-2/h5-20H,1-4H3,(H,37,42)(H,38,40)(H,39,41)/b27-17-. The van der Waals surface area contributed by atoms with Crippen molar-refractivity contribution in [2.75, 3.05) is 32.0 Å². The molecule has 12 heteroatoms. The van der Waals surface area contributed by atoms with Crippen molar-refractivity contribution in [1.29, 1.82) is 0 Å². The predicted octanol–water partition coefficient (Wildman–Crippen LogP) is 7.55.